The van der Waals surface area contributed by atoms with Crippen molar-refractivity contribution in [3.05, 3.63) is 46.3 Å². The topological polar surface area (TPSA) is 30.2 Å². The number of fused-ring (bicyclic) bond motifs is 1. The van der Waals surface area contributed by atoms with Gasteiger partial charge in [-0.15, -0.1) is 0 Å². The van der Waals surface area contributed by atoms with Crippen LogP contribution in [0.15, 0.2) is 39.5 Å². The lowest BCUT2D eigenvalue weighted by atomic mass is 10.2. The van der Waals surface area contributed by atoms with Gasteiger partial charge in [-0.25, -0.2) is 4.79 Å². The molecule has 0 amide bonds. The fraction of sp³-hybridized carbons (Fsp3) is 0.250. The van der Waals surface area contributed by atoms with Gasteiger partial charge in [-0.3, -0.25) is 0 Å². The molecule has 1 heterocycles. The summed E-state index contributed by atoms with van der Waals surface area (Å²) in [5.74, 6) is 0. The maximum absolute atomic E-state index is 10.8. The van der Waals surface area contributed by atoms with Crippen molar-refractivity contribution >= 4 is 11.0 Å². The molecule has 1 aromatic heterocycles. The first-order valence-electron chi connectivity index (χ1n) is 4.76. The molecule has 0 saturated carbocycles. The van der Waals surface area contributed by atoms with E-state index in [1.54, 1.807) is 6.07 Å². The van der Waals surface area contributed by atoms with Gasteiger partial charge in [0.25, 0.3) is 0 Å². The summed E-state index contributed by atoms with van der Waals surface area (Å²) in [5.41, 5.74) is 1.51. The highest BCUT2D eigenvalue weighted by Crippen LogP contribution is 2.12. The van der Waals surface area contributed by atoms with Gasteiger partial charge in [-0.2, -0.15) is 0 Å². The van der Waals surface area contributed by atoms with Crippen molar-refractivity contribution in [3.63, 3.8) is 0 Å². The zero-order valence-corrected chi connectivity index (χ0v) is 8.70. The highest BCUT2D eigenvalue weighted by Gasteiger charge is 1.95. The Morgan fingerprint density at radius 1 is 1.07 bits per heavy atom. The number of hydrogen-bond acceptors (Lipinski definition) is 2. The quantitative estimate of drug-likeness (QED) is 0.597. The fourth-order valence-electron chi connectivity index (χ4n) is 1.19. The molecule has 0 unspecified atom stereocenters. The molecule has 0 fully saturated rings. The molecule has 0 bridgehead atoms. The van der Waals surface area contributed by atoms with E-state index in [2.05, 4.69) is 0 Å². The molecule has 2 aromatic rings. The van der Waals surface area contributed by atoms with E-state index in [0.29, 0.717) is 5.58 Å². The van der Waals surface area contributed by atoms with Gasteiger partial charge in [0, 0.05) is 11.5 Å². The predicted octanol–water partition coefficient (Wildman–Crippen LogP) is 3.13. The SMILES string of the molecule is CC.Cc1ccc2oc(=O)ccc2c1. The van der Waals surface area contributed by atoms with E-state index in [9.17, 15) is 4.79 Å². The van der Waals surface area contributed by atoms with Crippen LogP contribution in [0.1, 0.15) is 19.4 Å². The molecule has 2 rings (SSSR count). The molecule has 2 heteroatoms. The van der Waals surface area contributed by atoms with Gasteiger partial charge in [0.1, 0.15) is 5.58 Å². The minimum absolute atomic E-state index is 0.300. The first kappa shape index (κ1) is 10.5. The largest absolute Gasteiger partial charge is 0.423 e. The normalized spacial score (nSPS) is 9.36. The van der Waals surface area contributed by atoms with Crippen LogP contribution in [-0.2, 0) is 0 Å². The summed E-state index contributed by atoms with van der Waals surface area (Å²) in [6, 6.07) is 8.92. The van der Waals surface area contributed by atoms with Crippen molar-refractivity contribution in [2.45, 2.75) is 20.8 Å². The maximum atomic E-state index is 10.8. The minimum Gasteiger partial charge on any atom is -0.423 e. The van der Waals surface area contributed by atoms with E-state index in [0.717, 1.165) is 10.9 Å². The number of rotatable bonds is 0. The van der Waals surface area contributed by atoms with Gasteiger partial charge in [0.2, 0.25) is 0 Å². The highest BCUT2D eigenvalue weighted by molar-refractivity contribution is 5.76. The van der Waals surface area contributed by atoms with Gasteiger partial charge >= 0.3 is 5.63 Å². The van der Waals surface area contributed by atoms with E-state index in [1.165, 1.54) is 6.07 Å². The second-order valence-corrected chi connectivity index (χ2v) is 2.80. The third-order valence-electron chi connectivity index (χ3n) is 1.77. The van der Waals surface area contributed by atoms with E-state index in [4.69, 9.17) is 4.42 Å². The molecule has 0 atom stereocenters. The second kappa shape index (κ2) is 4.61. The lowest BCUT2D eigenvalue weighted by Gasteiger charge is -1.95. The standard InChI is InChI=1S/C10H8O2.C2H6/c1-7-2-4-9-8(6-7)3-5-10(11)12-9;1-2/h2-6H,1H3;1-2H3. The summed E-state index contributed by atoms with van der Waals surface area (Å²) in [4.78, 5) is 10.8. The lowest BCUT2D eigenvalue weighted by Crippen LogP contribution is -1.93. The lowest BCUT2D eigenvalue weighted by molar-refractivity contribution is 0.561. The molecule has 0 aliphatic rings. The third kappa shape index (κ3) is 2.22. The van der Waals surface area contributed by atoms with Crippen LogP contribution in [-0.4, -0.2) is 0 Å². The summed E-state index contributed by atoms with van der Waals surface area (Å²) in [6.07, 6.45) is 0. The zero-order valence-electron chi connectivity index (χ0n) is 8.70. The van der Waals surface area contributed by atoms with Gasteiger partial charge in [-0.05, 0) is 25.1 Å². The zero-order chi connectivity index (χ0) is 10.6. The molecule has 0 spiro atoms. The Bertz CT molecular complexity index is 469. The van der Waals surface area contributed by atoms with E-state index >= 15 is 0 Å². The summed E-state index contributed by atoms with van der Waals surface area (Å²) in [6.45, 7) is 6.00. The van der Waals surface area contributed by atoms with Gasteiger partial charge in [0.05, 0.1) is 0 Å². The molecule has 0 saturated heterocycles. The monoisotopic (exact) mass is 190 g/mol. The van der Waals surface area contributed by atoms with Crippen molar-refractivity contribution in [2.24, 2.45) is 0 Å². The summed E-state index contributed by atoms with van der Waals surface area (Å²) >= 11 is 0. The van der Waals surface area contributed by atoms with Crippen LogP contribution in [0.3, 0.4) is 0 Å². The van der Waals surface area contributed by atoms with Crippen LogP contribution in [0, 0.1) is 6.92 Å². The van der Waals surface area contributed by atoms with Crippen LogP contribution in [0.2, 0.25) is 0 Å². The van der Waals surface area contributed by atoms with Crippen molar-refractivity contribution in [1.82, 2.24) is 0 Å². The second-order valence-electron chi connectivity index (χ2n) is 2.80. The van der Waals surface area contributed by atoms with Crippen molar-refractivity contribution in [1.29, 1.82) is 0 Å². The number of hydrogen-bond donors (Lipinski definition) is 0. The summed E-state index contributed by atoms with van der Waals surface area (Å²) in [7, 11) is 0. The van der Waals surface area contributed by atoms with Crippen LogP contribution < -0.4 is 5.63 Å². The molecule has 0 radical (unpaired) electrons. The molecule has 0 aliphatic heterocycles. The molecule has 74 valence electrons. The highest BCUT2D eigenvalue weighted by atomic mass is 16.4. The average Bonchev–Trinajstić information content (AvgIpc) is 2.21. The van der Waals surface area contributed by atoms with Gasteiger partial charge in [0.15, 0.2) is 0 Å². The van der Waals surface area contributed by atoms with Crippen molar-refractivity contribution in [3.8, 4) is 0 Å². The first-order chi connectivity index (χ1) is 6.75. The van der Waals surface area contributed by atoms with Crippen molar-refractivity contribution in [2.75, 3.05) is 0 Å². The molecular formula is C12H14O2. The molecule has 0 aliphatic carbocycles. The van der Waals surface area contributed by atoms with Crippen LogP contribution in [0.25, 0.3) is 11.0 Å². The average molecular weight is 190 g/mol. The predicted molar refractivity (Wildman–Crippen MR) is 58.6 cm³/mol. The molecule has 0 N–H and O–H groups in total. The Kier molecular flexibility index (Phi) is 3.46. The van der Waals surface area contributed by atoms with Crippen LogP contribution >= 0.6 is 0 Å². The first-order valence-corrected chi connectivity index (χ1v) is 4.76. The Hall–Kier alpha value is -1.57. The number of benzene rings is 1. The Morgan fingerprint density at radius 2 is 1.79 bits per heavy atom. The van der Waals surface area contributed by atoms with Crippen molar-refractivity contribution < 1.29 is 4.42 Å². The van der Waals surface area contributed by atoms with Gasteiger partial charge < -0.3 is 4.42 Å². The fourth-order valence-corrected chi connectivity index (χ4v) is 1.19. The Labute approximate surface area is 83.2 Å². The smallest absolute Gasteiger partial charge is 0.336 e. The van der Waals surface area contributed by atoms with E-state index < -0.39 is 0 Å². The number of aryl methyl sites for hydroxylation is 1. The third-order valence-corrected chi connectivity index (χ3v) is 1.77. The van der Waals surface area contributed by atoms with Gasteiger partial charge in [-0.1, -0.05) is 25.5 Å². The van der Waals surface area contributed by atoms with Crippen LogP contribution in [0.5, 0.6) is 0 Å². The Morgan fingerprint density at radius 3 is 2.50 bits per heavy atom. The molecular weight excluding hydrogens is 176 g/mol. The van der Waals surface area contributed by atoms with E-state index in [-0.39, 0.29) is 5.63 Å². The molecule has 14 heavy (non-hydrogen) atoms. The molecule has 1 aromatic carbocycles. The Balaban J connectivity index is 0.000000461. The van der Waals surface area contributed by atoms with E-state index in [1.807, 2.05) is 39.0 Å². The summed E-state index contributed by atoms with van der Waals surface area (Å²) < 4.78 is 4.96. The maximum Gasteiger partial charge on any atom is 0.336 e. The van der Waals surface area contributed by atoms with Crippen LogP contribution in [0.4, 0.5) is 0 Å². The molecule has 2 nitrogen and oxygen atoms in total. The minimum atomic E-state index is -0.300. The summed E-state index contributed by atoms with van der Waals surface area (Å²) in [5, 5.41) is 0.967.